The predicted molar refractivity (Wildman–Crippen MR) is 150 cm³/mol. The maximum Gasteiger partial charge on any atom is 0.116 e. The summed E-state index contributed by atoms with van der Waals surface area (Å²) in [4.78, 5) is 11.1. The van der Waals surface area contributed by atoms with E-state index in [0.29, 0.717) is 5.92 Å². The molecule has 0 aliphatic rings. The molecule has 0 bridgehead atoms. The first-order valence-electron chi connectivity index (χ1n) is 11.9. The lowest BCUT2D eigenvalue weighted by Crippen LogP contribution is -2.12. The topological polar surface area (TPSA) is 25.8 Å². The summed E-state index contributed by atoms with van der Waals surface area (Å²) in [7, 11) is 0. The molecule has 0 aliphatic carbocycles. The van der Waals surface area contributed by atoms with E-state index in [1.54, 1.807) is 6.33 Å². The van der Waals surface area contributed by atoms with Crippen LogP contribution in [-0.4, -0.2) is 9.97 Å². The van der Waals surface area contributed by atoms with Crippen LogP contribution in [0.4, 0.5) is 0 Å². The van der Waals surface area contributed by atoms with Gasteiger partial charge in [-0.05, 0) is 63.7 Å². The summed E-state index contributed by atoms with van der Waals surface area (Å²) in [5.41, 5.74) is 4.68. The van der Waals surface area contributed by atoms with Gasteiger partial charge in [0.1, 0.15) is 6.33 Å². The summed E-state index contributed by atoms with van der Waals surface area (Å²) in [5.74, 6) is 0.654. The lowest BCUT2D eigenvalue weighted by Gasteiger charge is -2.22. The van der Waals surface area contributed by atoms with Gasteiger partial charge in [0.05, 0.1) is 15.9 Å². The van der Waals surface area contributed by atoms with Gasteiger partial charge in [-0.2, -0.15) is 0 Å². The SMILES string of the molecule is CC(C)Cc1cc2ccc3sc4c(-c5cc(C(C)(C)C)c6ccccc6c5)ncnc4c3c2s1. The van der Waals surface area contributed by atoms with Gasteiger partial charge in [0.2, 0.25) is 0 Å². The average molecular weight is 481 g/mol. The average Bonchev–Trinajstić information content (AvgIpc) is 3.37. The Balaban J connectivity index is 1.63. The minimum Gasteiger partial charge on any atom is -0.235 e. The van der Waals surface area contributed by atoms with E-state index in [0.717, 1.165) is 17.6 Å². The van der Waals surface area contributed by atoms with Crippen molar-refractivity contribution in [1.82, 2.24) is 9.97 Å². The Bertz CT molecular complexity index is 1700. The van der Waals surface area contributed by atoms with Gasteiger partial charge in [-0.15, -0.1) is 22.7 Å². The highest BCUT2D eigenvalue weighted by Gasteiger charge is 2.21. The molecule has 3 aromatic carbocycles. The highest BCUT2D eigenvalue weighted by atomic mass is 32.1. The van der Waals surface area contributed by atoms with Gasteiger partial charge in [-0.25, -0.2) is 9.97 Å². The highest BCUT2D eigenvalue weighted by Crippen LogP contribution is 2.44. The van der Waals surface area contributed by atoms with E-state index in [1.807, 2.05) is 22.7 Å². The van der Waals surface area contributed by atoms with Crippen molar-refractivity contribution in [1.29, 1.82) is 0 Å². The Kier molecular flexibility index (Phi) is 5.02. The van der Waals surface area contributed by atoms with Crippen molar-refractivity contribution in [2.24, 2.45) is 5.92 Å². The standard InChI is InChI=1S/C30H28N2S2/c1-17(2)12-21-14-19-10-11-24-25(28(19)33-21)27-29(34-24)26(31-16-32-27)20-13-18-8-6-7-9-22(18)23(15-20)30(3,4)5/h6-11,13-17H,12H2,1-5H3. The number of hydrogen-bond donors (Lipinski definition) is 0. The first-order valence-corrected chi connectivity index (χ1v) is 13.5. The zero-order valence-electron chi connectivity index (χ0n) is 20.3. The van der Waals surface area contributed by atoms with Crippen LogP contribution in [-0.2, 0) is 11.8 Å². The Hall–Kier alpha value is -2.82. The van der Waals surface area contributed by atoms with Crippen LogP contribution in [0.25, 0.3) is 52.4 Å². The van der Waals surface area contributed by atoms with Crippen molar-refractivity contribution in [2.75, 3.05) is 0 Å². The molecule has 0 fully saturated rings. The fourth-order valence-corrected chi connectivity index (χ4v) is 7.64. The third-order valence-corrected chi connectivity index (χ3v) is 8.85. The van der Waals surface area contributed by atoms with E-state index in [9.17, 15) is 0 Å². The van der Waals surface area contributed by atoms with Crippen LogP contribution in [0.2, 0.25) is 0 Å². The summed E-state index contributed by atoms with van der Waals surface area (Å²) in [6, 6.07) is 20.2. The molecule has 0 saturated heterocycles. The van der Waals surface area contributed by atoms with E-state index in [1.165, 1.54) is 51.6 Å². The molecule has 0 N–H and O–H groups in total. The van der Waals surface area contributed by atoms with Crippen LogP contribution in [0, 0.1) is 5.92 Å². The Morgan fingerprint density at radius 2 is 1.68 bits per heavy atom. The van der Waals surface area contributed by atoms with Crippen molar-refractivity contribution in [2.45, 2.75) is 46.5 Å². The maximum atomic E-state index is 4.83. The Labute approximate surface area is 208 Å². The highest BCUT2D eigenvalue weighted by molar-refractivity contribution is 7.27. The van der Waals surface area contributed by atoms with Crippen LogP contribution in [0.3, 0.4) is 0 Å². The lowest BCUT2D eigenvalue weighted by molar-refractivity contribution is 0.596. The minimum absolute atomic E-state index is 0.0396. The van der Waals surface area contributed by atoms with Gasteiger partial charge in [-0.3, -0.25) is 0 Å². The third-order valence-electron chi connectivity index (χ3n) is 6.50. The third kappa shape index (κ3) is 3.52. The minimum atomic E-state index is 0.0396. The number of hydrogen-bond acceptors (Lipinski definition) is 4. The van der Waals surface area contributed by atoms with Gasteiger partial charge in [-0.1, -0.05) is 65.0 Å². The van der Waals surface area contributed by atoms with Gasteiger partial charge in [0.15, 0.2) is 0 Å². The second-order valence-electron chi connectivity index (χ2n) is 10.7. The zero-order valence-corrected chi connectivity index (χ0v) is 21.9. The largest absolute Gasteiger partial charge is 0.235 e. The first kappa shape index (κ1) is 21.7. The number of thiophene rings is 2. The normalized spacial score (nSPS) is 12.6. The molecule has 3 aromatic heterocycles. The van der Waals surface area contributed by atoms with Gasteiger partial charge in [0, 0.05) is 25.2 Å². The van der Waals surface area contributed by atoms with Crippen LogP contribution in [0.15, 0.2) is 60.9 Å². The predicted octanol–water partition coefficient (Wildman–Crippen LogP) is 9.38. The molecule has 0 saturated carbocycles. The van der Waals surface area contributed by atoms with Gasteiger partial charge in [0.25, 0.3) is 0 Å². The second-order valence-corrected chi connectivity index (χ2v) is 12.9. The van der Waals surface area contributed by atoms with E-state index in [4.69, 9.17) is 9.97 Å². The monoisotopic (exact) mass is 480 g/mol. The number of benzene rings is 3. The van der Waals surface area contributed by atoms with Crippen LogP contribution >= 0.6 is 22.7 Å². The van der Waals surface area contributed by atoms with E-state index in [2.05, 4.69) is 89.2 Å². The molecule has 0 spiro atoms. The smallest absolute Gasteiger partial charge is 0.116 e. The number of fused-ring (bicyclic) bond motifs is 6. The quantitative estimate of drug-likeness (QED) is 0.252. The van der Waals surface area contributed by atoms with E-state index < -0.39 is 0 Å². The summed E-state index contributed by atoms with van der Waals surface area (Å²) < 4.78 is 3.83. The number of nitrogens with zero attached hydrogens (tertiary/aromatic N) is 2. The molecule has 2 nitrogen and oxygen atoms in total. The molecule has 0 amide bonds. The number of aromatic nitrogens is 2. The van der Waals surface area contributed by atoms with E-state index >= 15 is 0 Å². The molecule has 3 heterocycles. The van der Waals surface area contributed by atoms with Gasteiger partial charge < -0.3 is 0 Å². The molecule has 0 atom stereocenters. The van der Waals surface area contributed by atoms with Crippen molar-refractivity contribution >= 4 is 63.8 Å². The Morgan fingerprint density at radius 1 is 0.853 bits per heavy atom. The molecule has 6 rings (SSSR count). The molecular formula is C30H28N2S2. The summed E-state index contributed by atoms with van der Waals surface area (Å²) >= 11 is 3.75. The molecule has 0 aliphatic heterocycles. The van der Waals surface area contributed by atoms with E-state index in [-0.39, 0.29) is 5.41 Å². The zero-order chi connectivity index (χ0) is 23.6. The van der Waals surface area contributed by atoms with Crippen LogP contribution in [0.1, 0.15) is 45.1 Å². The molecule has 170 valence electrons. The maximum absolute atomic E-state index is 4.83. The first-order chi connectivity index (χ1) is 16.3. The molecule has 34 heavy (non-hydrogen) atoms. The van der Waals surface area contributed by atoms with Gasteiger partial charge >= 0.3 is 0 Å². The van der Waals surface area contributed by atoms with Crippen LogP contribution in [0.5, 0.6) is 0 Å². The van der Waals surface area contributed by atoms with Crippen molar-refractivity contribution in [3.05, 3.63) is 71.4 Å². The summed E-state index contributed by atoms with van der Waals surface area (Å²) in [5, 5.41) is 5.20. The molecule has 0 unspecified atom stereocenters. The molecular weight excluding hydrogens is 452 g/mol. The molecule has 4 heteroatoms. The fourth-order valence-electron chi connectivity index (χ4n) is 4.98. The second kappa shape index (κ2) is 7.86. The lowest BCUT2D eigenvalue weighted by atomic mass is 9.82. The molecule has 6 aromatic rings. The number of rotatable bonds is 3. The summed E-state index contributed by atoms with van der Waals surface area (Å²) in [6.07, 6.45) is 2.87. The van der Waals surface area contributed by atoms with Crippen molar-refractivity contribution < 1.29 is 0 Å². The van der Waals surface area contributed by atoms with Crippen molar-refractivity contribution in [3.8, 4) is 11.3 Å². The van der Waals surface area contributed by atoms with Crippen LogP contribution < -0.4 is 0 Å². The van der Waals surface area contributed by atoms with Crippen molar-refractivity contribution in [3.63, 3.8) is 0 Å². The molecule has 0 radical (unpaired) electrons. The Morgan fingerprint density at radius 3 is 2.47 bits per heavy atom. The fraction of sp³-hybridized carbons (Fsp3) is 0.267. The summed E-state index contributed by atoms with van der Waals surface area (Å²) in [6.45, 7) is 11.4.